The molecule has 0 bridgehead atoms. The van der Waals surface area contributed by atoms with E-state index in [1.54, 1.807) is 6.92 Å². The van der Waals surface area contributed by atoms with Crippen LogP contribution in [-0.2, 0) is 11.3 Å². The van der Waals surface area contributed by atoms with Crippen molar-refractivity contribution in [2.45, 2.75) is 82.8 Å². The lowest BCUT2D eigenvalue weighted by Crippen LogP contribution is -2.47. The standard InChI is InChI=1S/C19H29N3OS/c1-14(23)22-11-5-9-18(22)17-8-4-10-21(17)12-16-13-24-19(20-16)15-6-2-3-7-15/h13,15,17-18H,2-12H2,1H3/t17-,18-/m0/s1. The second kappa shape index (κ2) is 7.12. The number of likely N-dealkylation sites (tertiary alicyclic amines) is 2. The van der Waals surface area contributed by atoms with Crippen LogP contribution in [0.15, 0.2) is 5.38 Å². The predicted octanol–water partition coefficient (Wildman–Crippen LogP) is 3.78. The molecule has 1 aromatic rings. The first-order valence-electron chi connectivity index (χ1n) is 9.68. The Balaban J connectivity index is 1.42. The summed E-state index contributed by atoms with van der Waals surface area (Å²) < 4.78 is 0. The number of thiazole rings is 1. The highest BCUT2D eigenvalue weighted by molar-refractivity contribution is 7.09. The van der Waals surface area contributed by atoms with Crippen molar-refractivity contribution in [3.8, 4) is 0 Å². The van der Waals surface area contributed by atoms with Crippen LogP contribution in [-0.4, -0.2) is 45.9 Å². The predicted molar refractivity (Wildman–Crippen MR) is 97.2 cm³/mol. The van der Waals surface area contributed by atoms with E-state index in [0.717, 1.165) is 32.0 Å². The molecule has 5 heteroatoms. The number of hydrogen-bond acceptors (Lipinski definition) is 4. The molecule has 1 aliphatic carbocycles. The lowest BCUT2D eigenvalue weighted by Gasteiger charge is -2.34. The third kappa shape index (κ3) is 3.25. The second-order valence-corrected chi connectivity index (χ2v) is 8.65. The highest BCUT2D eigenvalue weighted by atomic mass is 32.1. The first kappa shape index (κ1) is 16.5. The van der Waals surface area contributed by atoms with Crippen LogP contribution in [0.25, 0.3) is 0 Å². The van der Waals surface area contributed by atoms with Crippen LogP contribution in [0.1, 0.15) is 74.9 Å². The molecule has 0 radical (unpaired) electrons. The average Bonchev–Trinajstić information content (AvgIpc) is 3.35. The van der Waals surface area contributed by atoms with Gasteiger partial charge in [-0.3, -0.25) is 9.69 Å². The summed E-state index contributed by atoms with van der Waals surface area (Å²) in [5.41, 5.74) is 1.25. The smallest absolute Gasteiger partial charge is 0.219 e. The Morgan fingerprint density at radius 1 is 1.12 bits per heavy atom. The number of hydrogen-bond donors (Lipinski definition) is 0. The normalized spacial score (nSPS) is 29.0. The lowest BCUT2D eigenvalue weighted by atomic mass is 10.0. The van der Waals surface area contributed by atoms with E-state index in [-0.39, 0.29) is 5.91 Å². The number of amides is 1. The van der Waals surface area contributed by atoms with Gasteiger partial charge in [0.05, 0.1) is 10.7 Å². The molecule has 0 unspecified atom stereocenters. The number of carbonyl (C=O) groups is 1. The van der Waals surface area contributed by atoms with Crippen molar-refractivity contribution in [1.82, 2.24) is 14.8 Å². The fourth-order valence-electron chi connectivity index (χ4n) is 5.03. The Morgan fingerprint density at radius 2 is 1.88 bits per heavy atom. The van der Waals surface area contributed by atoms with E-state index < -0.39 is 0 Å². The second-order valence-electron chi connectivity index (χ2n) is 7.76. The largest absolute Gasteiger partial charge is 0.338 e. The van der Waals surface area contributed by atoms with Crippen molar-refractivity contribution < 1.29 is 4.79 Å². The molecule has 132 valence electrons. The molecule has 0 spiro atoms. The van der Waals surface area contributed by atoms with Gasteiger partial charge in [0, 0.05) is 43.4 Å². The highest BCUT2D eigenvalue weighted by Crippen LogP contribution is 2.36. The first-order valence-corrected chi connectivity index (χ1v) is 10.6. The molecule has 3 aliphatic rings. The molecule has 2 aliphatic heterocycles. The Kier molecular flexibility index (Phi) is 4.90. The van der Waals surface area contributed by atoms with Crippen LogP contribution < -0.4 is 0 Å². The minimum Gasteiger partial charge on any atom is -0.338 e. The zero-order valence-corrected chi connectivity index (χ0v) is 15.6. The van der Waals surface area contributed by atoms with Crippen LogP contribution in [0.5, 0.6) is 0 Å². The molecule has 1 aromatic heterocycles. The van der Waals surface area contributed by atoms with E-state index in [1.165, 1.54) is 55.6 Å². The summed E-state index contributed by atoms with van der Waals surface area (Å²) in [5.74, 6) is 0.975. The molecular formula is C19H29N3OS. The molecule has 1 saturated carbocycles. The molecule has 4 rings (SSSR count). The van der Waals surface area contributed by atoms with E-state index in [0.29, 0.717) is 12.1 Å². The zero-order valence-electron chi connectivity index (χ0n) is 14.7. The van der Waals surface area contributed by atoms with E-state index >= 15 is 0 Å². The summed E-state index contributed by atoms with van der Waals surface area (Å²) in [5, 5.41) is 3.64. The Hall–Kier alpha value is -0.940. The molecule has 2 atom stereocenters. The van der Waals surface area contributed by atoms with Gasteiger partial charge in [-0.15, -0.1) is 11.3 Å². The summed E-state index contributed by atoms with van der Waals surface area (Å²) in [6.45, 7) is 4.80. The molecule has 24 heavy (non-hydrogen) atoms. The quantitative estimate of drug-likeness (QED) is 0.832. The van der Waals surface area contributed by atoms with Crippen molar-refractivity contribution in [2.75, 3.05) is 13.1 Å². The van der Waals surface area contributed by atoms with Gasteiger partial charge in [-0.25, -0.2) is 4.98 Å². The van der Waals surface area contributed by atoms with E-state index in [1.807, 2.05) is 11.3 Å². The van der Waals surface area contributed by atoms with Crippen molar-refractivity contribution in [3.05, 3.63) is 16.1 Å². The minimum atomic E-state index is 0.251. The monoisotopic (exact) mass is 347 g/mol. The van der Waals surface area contributed by atoms with Crippen LogP contribution in [0.2, 0.25) is 0 Å². The lowest BCUT2D eigenvalue weighted by molar-refractivity contribution is -0.130. The van der Waals surface area contributed by atoms with Crippen molar-refractivity contribution in [1.29, 1.82) is 0 Å². The first-order chi connectivity index (χ1) is 11.7. The third-order valence-corrected chi connectivity index (χ3v) is 7.26. The maximum atomic E-state index is 11.9. The fourth-order valence-corrected chi connectivity index (χ4v) is 6.01. The number of aromatic nitrogens is 1. The molecule has 2 saturated heterocycles. The summed E-state index contributed by atoms with van der Waals surface area (Å²) in [4.78, 5) is 21.6. The van der Waals surface area contributed by atoms with Gasteiger partial charge in [0.2, 0.25) is 5.91 Å². The molecule has 4 nitrogen and oxygen atoms in total. The van der Waals surface area contributed by atoms with Gasteiger partial charge < -0.3 is 4.90 Å². The molecular weight excluding hydrogens is 318 g/mol. The SMILES string of the molecule is CC(=O)N1CCC[C@H]1[C@@H]1CCCN1Cc1csc(C2CCCC2)n1. The Morgan fingerprint density at radius 3 is 2.67 bits per heavy atom. The summed E-state index contributed by atoms with van der Waals surface area (Å²) in [7, 11) is 0. The molecule has 0 N–H and O–H groups in total. The Bertz CT molecular complexity index is 581. The van der Waals surface area contributed by atoms with Gasteiger partial charge in [0.15, 0.2) is 0 Å². The van der Waals surface area contributed by atoms with Gasteiger partial charge in [-0.1, -0.05) is 12.8 Å². The van der Waals surface area contributed by atoms with Crippen LogP contribution in [0.4, 0.5) is 0 Å². The average molecular weight is 348 g/mol. The fraction of sp³-hybridized carbons (Fsp3) is 0.789. The summed E-state index contributed by atoms with van der Waals surface area (Å²) in [6.07, 6.45) is 10.2. The molecule has 3 heterocycles. The van der Waals surface area contributed by atoms with Gasteiger partial charge in [-0.2, -0.15) is 0 Å². The third-order valence-electron chi connectivity index (χ3n) is 6.20. The molecule has 0 aromatic carbocycles. The van der Waals surface area contributed by atoms with E-state index in [9.17, 15) is 4.79 Å². The molecule has 1 amide bonds. The van der Waals surface area contributed by atoms with Crippen molar-refractivity contribution in [2.24, 2.45) is 0 Å². The Labute approximate surface area is 149 Å². The van der Waals surface area contributed by atoms with Crippen molar-refractivity contribution in [3.63, 3.8) is 0 Å². The topological polar surface area (TPSA) is 36.4 Å². The van der Waals surface area contributed by atoms with Gasteiger partial charge in [0.1, 0.15) is 0 Å². The number of rotatable bonds is 4. The minimum absolute atomic E-state index is 0.251. The summed E-state index contributed by atoms with van der Waals surface area (Å²) >= 11 is 1.87. The number of carbonyl (C=O) groups excluding carboxylic acids is 1. The van der Waals surface area contributed by atoms with E-state index in [2.05, 4.69) is 15.2 Å². The van der Waals surface area contributed by atoms with Crippen molar-refractivity contribution >= 4 is 17.2 Å². The van der Waals surface area contributed by atoms with Crippen LogP contribution >= 0.6 is 11.3 Å². The van der Waals surface area contributed by atoms with Gasteiger partial charge in [0.25, 0.3) is 0 Å². The van der Waals surface area contributed by atoms with E-state index in [4.69, 9.17) is 4.98 Å². The zero-order chi connectivity index (χ0) is 16.5. The maximum absolute atomic E-state index is 11.9. The van der Waals surface area contributed by atoms with Gasteiger partial charge >= 0.3 is 0 Å². The highest BCUT2D eigenvalue weighted by Gasteiger charge is 2.38. The molecule has 3 fully saturated rings. The van der Waals surface area contributed by atoms with Gasteiger partial charge in [-0.05, 0) is 45.1 Å². The van der Waals surface area contributed by atoms with Crippen LogP contribution in [0, 0.1) is 0 Å². The maximum Gasteiger partial charge on any atom is 0.219 e. The summed E-state index contributed by atoms with van der Waals surface area (Å²) in [6, 6.07) is 0.964. The number of nitrogens with zero attached hydrogens (tertiary/aromatic N) is 3. The van der Waals surface area contributed by atoms with Crippen LogP contribution in [0.3, 0.4) is 0 Å².